The lowest BCUT2D eigenvalue weighted by molar-refractivity contribution is 0.387. The number of nitrogens with one attached hydrogen (secondary N) is 1. The Hall–Kier alpha value is -4.45. The van der Waals surface area contributed by atoms with Crippen LogP contribution in [0, 0.1) is 5.82 Å². The average molecular weight is 552 g/mol. The molecule has 0 aliphatic rings. The summed E-state index contributed by atoms with van der Waals surface area (Å²) in [5.74, 6) is 1.16. The maximum absolute atomic E-state index is 14.6. The van der Waals surface area contributed by atoms with Crippen LogP contribution in [0.4, 0.5) is 10.3 Å². The van der Waals surface area contributed by atoms with E-state index in [-0.39, 0.29) is 28.6 Å². The van der Waals surface area contributed by atoms with Crippen molar-refractivity contribution in [3.8, 4) is 17.2 Å². The summed E-state index contributed by atoms with van der Waals surface area (Å²) in [4.78, 5) is 9.44. The van der Waals surface area contributed by atoms with Crippen molar-refractivity contribution in [3.63, 3.8) is 0 Å². The van der Waals surface area contributed by atoms with Gasteiger partial charge in [0.05, 0.1) is 37.5 Å². The van der Waals surface area contributed by atoms with Gasteiger partial charge in [-0.1, -0.05) is 18.2 Å². The summed E-state index contributed by atoms with van der Waals surface area (Å²) in [7, 11) is 0.975. The number of methoxy groups -OCH3 is 3. The molecule has 0 aliphatic heterocycles. The lowest BCUT2D eigenvalue weighted by atomic mass is 10.2. The average Bonchev–Trinajstić information content (AvgIpc) is 3.40. The first-order valence-corrected chi connectivity index (χ1v) is 13.6. The van der Waals surface area contributed by atoms with Crippen LogP contribution in [0.3, 0.4) is 0 Å². The summed E-state index contributed by atoms with van der Waals surface area (Å²) >= 11 is 0. The smallest absolute Gasteiger partial charge is 0.226 e. The highest BCUT2D eigenvalue weighted by atomic mass is 32.2. The van der Waals surface area contributed by atoms with E-state index in [0.717, 1.165) is 5.56 Å². The predicted molar refractivity (Wildman–Crippen MR) is 144 cm³/mol. The second-order valence-corrected chi connectivity index (χ2v) is 10.7. The molecule has 1 N–H and O–H groups in total. The highest BCUT2D eigenvalue weighted by Gasteiger charge is 2.20. The number of nitrogens with zero attached hydrogens (tertiary/aromatic N) is 4. The molecule has 5 aromatic rings. The Balaban J connectivity index is 1.53. The van der Waals surface area contributed by atoms with Gasteiger partial charge in [-0.2, -0.15) is 4.52 Å². The minimum Gasteiger partial charge on any atom is -0.497 e. The molecule has 0 radical (unpaired) electrons. The number of rotatable bonds is 10. The van der Waals surface area contributed by atoms with Crippen LogP contribution in [0.25, 0.3) is 16.6 Å². The first-order chi connectivity index (χ1) is 18.8. The molecule has 0 saturated carbocycles. The number of ether oxygens (including phenoxy) is 3. The van der Waals surface area contributed by atoms with Gasteiger partial charge < -0.3 is 19.5 Å². The van der Waals surface area contributed by atoms with E-state index in [9.17, 15) is 12.8 Å². The second-order valence-electron chi connectivity index (χ2n) is 8.62. The van der Waals surface area contributed by atoms with Crippen molar-refractivity contribution in [1.82, 2.24) is 19.6 Å². The zero-order chi connectivity index (χ0) is 27.6. The van der Waals surface area contributed by atoms with Crippen LogP contribution >= 0.6 is 0 Å². The fourth-order valence-electron chi connectivity index (χ4n) is 4.17. The summed E-state index contributed by atoms with van der Waals surface area (Å²) in [5.41, 5.74) is 1.60. The zero-order valence-electron chi connectivity index (χ0n) is 21.5. The van der Waals surface area contributed by atoms with Crippen molar-refractivity contribution in [1.29, 1.82) is 0 Å². The summed E-state index contributed by atoms with van der Waals surface area (Å²) in [5, 5.41) is 8.18. The van der Waals surface area contributed by atoms with Crippen LogP contribution in [0.5, 0.6) is 17.2 Å². The van der Waals surface area contributed by atoms with Gasteiger partial charge in [0.15, 0.2) is 32.9 Å². The zero-order valence-corrected chi connectivity index (χ0v) is 22.3. The number of anilines is 1. The molecule has 0 atom stereocenters. The minimum atomic E-state index is -3.55. The Labute approximate surface area is 224 Å². The van der Waals surface area contributed by atoms with Gasteiger partial charge in [-0.25, -0.2) is 22.8 Å². The lowest BCUT2D eigenvalue weighted by Crippen LogP contribution is -2.11. The normalized spacial score (nSPS) is 11.6. The largest absolute Gasteiger partial charge is 0.497 e. The maximum Gasteiger partial charge on any atom is 0.226 e. The molecule has 202 valence electrons. The van der Waals surface area contributed by atoms with E-state index in [2.05, 4.69) is 20.4 Å². The molecule has 0 fully saturated rings. The maximum atomic E-state index is 14.6. The number of halogens is 1. The van der Waals surface area contributed by atoms with E-state index in [1.165, 1.54) is 23.8 Å². The van der Waals surface area contributed by atoms with Crippen molar-refractivity contribution in [2.24, 2.45) is 0 Å². The van der Waals surface area contributed by atoms with Gasteiger partial charge in [0.2, 0.25) is 5.95 Å². The number of sulfone groups is 1. The second kappa shape index (κ2) is 10.7. The van der Waals surface area contributed by atoms with E-state index in [0.29, 0.717) is 40.5 Å². The van der Waals surface area contributed by atoms with Crippen LogP contribution in [-0.4, -0.2) is 55.1 Å². The van der Waals surface area contributed by atoms with E-state index in [4.69, 9.17) is 14.2 Å². The van der Waals surface area contributed by atoms with E-state index < -0.39 is 15.7 Å². The highest BCUT2D eigenvalue weighted by Crippen LogP contribution is 2.29. The van der Waals surface area contributed by atoms with Gasteiger partial charge in [0, 0.05) is 36.0 Å². The Morgan fingerprint density at radius 1 is 0.923 bits per heavy atom. The molecule has 0 spiro atoms. The minimum absolute atomic E-state index is 0.0378. The third kappa shape index (κ3) is 5.28. The van der Waals surface area contributed by atoms with Gasteiger partial charge in [-0.05, 0) is 30.3 Å². The molecule has 0 aliphatic carbocycles. The van der Waals surface area contributed by atoms with Crippen molar-refractivity contribution < 1.29 is 27.0 Å². The van der Waals surface area contributed by atoms with Crippen molar-refractivity contribution in [2.45, 2.75) is 17.9 Å². The lowest BCUT2D eigenvalue weighted by Gasteiger charge is -2.13. The summed E-state index contributed by atoms with van der Waals surface area (Å²) in [6.07, 6.45) is 0.0603. The monoisotopic (exact) mass is 551 g/mol. The molecule has 0 unspecified atom stereocenters. The van der Waals surface area contributed by atoms with Crippen molar-refractivity contribution in [2.75, 3.05) is 32.4 Å². The molecule has 5 rings (SSSR count). The number of hydrogen-bond acceptors (Lipinski definition) is 9. The molecule has 2 heterocycles. The van der Waals surface area contributed by atoms with Crippen LogP contribution in [0.1, 0.15) is 11.4 Å². The Morgan fingerprint density at radius 3 is 2.41 bits per heavy atom. The SMILES string of the molecule is COc1ccc(CNc2nc3cc(OC)c(F)cc3c3nc(CCS(=O)(=O)c4ccccc4)nn23)c(OC)c1. The molecule has 39 heavy (non-hydrogen) atoms. The predicted octanol–water partition coefficient (Wildman–Crippen LogP) is 4.07. The molecule has 10 nitrogen and oxygen atoms in total. The van der Waals surface area contributed by atoms with E-state index in [1.807, 2.05) is 12.1 Å². The quantitative estimate of drug-likeness (QED) is 0.274. The number of fused-ring (bicyclic) bond motifs is 3. The van der Waals surface area contributed by atoms with Crippen LogP contribution in [0.2, 0.25) is 0 Å². The van der Waals surface area contributed by atoms with Gasteiger partial charge in [-0.3, -0.25) is 0 Å². The third-order valence-electron chi connectivity index (χ3n) is 6.22. The number of benzene rings is 3. The third-order valence-corrected chi connectivity index (χ3v) is 7.95. The molecule has 0 bridgehead atoms. The fraction of sp³-hybridized carbons (Fsp3) is 0.222. The van der Waals surface area contributed by atoms with Crippen LogP contribution in [-0.2, 0) is 22.8 Å². The number of aryl methyl sites for hydroxylation is 1. The Bertz CT molecular complexity index is 1760. The van der Waals surface area contributed by atoms with Gasteiger partial charge >= 0.3 is 0 Å². The first kappa shape index (κ1) is 26.2. The Kier molecular flexibility index (Phi) is 7.20. The molecular formula is C27H26FN5O5S. The van der Waals surface area contributed by atoms with Crippen LogP contribution < -0.4 is 19.5 Å². The number of hydrogen-bond donors (Lipinski definition) is 1. The van der Waals surface area contributed by atoms with Gasteiger partial charge in [0.25, 0.3) is 0 Å². The van der Waals surface area contributed by atoms with Crippen molar-refractivity contribution >= 4 is 32.3 Å². The molecule has 0 amide bonds. The number of aromatic nitrogens is 4. The van der Waals surface area contributed by atoms with Crippen LogP contribution in [0.15, 0.2) is 65.6 Å². The summed E-state index contributed by atoms with van der Waals surface area (Å²) in [6, 6.07) is 16.4. The first-order valence-electron chi connectivity index (χ1n) is 12.0. The highest BCUT2D eigenvalue weighted by molar-refractivity contribution is 7.91. The molecular weight excluding hydrogens is 525 g/mol. The molecule has 12 heteroatoms. The Morgan fingerprint density at radius 2 is 1.69 bits per heavy atom. The molecule has 2 aromatic heterocycles. The van der Waals surface area contributed by atoms with Gasteiger partial charge in [-0.15, -0.1) is 5.10 Å². The van der Waals surface area contributed by atoms with Crippen molar-refractivity contribution in [3.05, 3.63) is 77.9 Å². The molecule has 3 aromatic carbocycles. The van der Waals surface area contributed by atoms with E-state index in [1.54, 1.807) is 50.6 Å². The standard InChI is InChI=1S/C27H26FN5O5S/c1-36-18-10-9-17(23(13-18)37-2)16-29-27-30-22-15-24(38-3)21(28)14-20(22)26-31-25(32-33(26)27)11-12-39(34,35)19-7-5-4-6-8-19/h4-10,13-15H,11-12,16H2,1-3H3,(H,29,30). The summed E-state index contributed by atoms with van der Waals surface area (Å²) in [6.45, 7) is 0.316. The molecule has 0 saturated heterocycles. The topological polar surface area (TPSA) is 117 Å². The summed E-state index contributed by atoms with van der Waals surface area (Å²) < 4.78 is 57.6. The van der Waals surface area contributed by atoms with Gasteiger partial charge in [0.1, 0.15) is 11.5 Å². The van der Waals surface area contributed by atoms with E-state index >= 15 is 0 Å². The fourth-order valence-corrected chi connectivity index (χ4v) is 5.43.